The largest absolute Gasteiger partial charge is 0.463 e. The van der Waals surface area contributed by atoms with Crippen molar-refractivity contribution in [2.45, 2.75) is 6.54 Å². The first kappa shape index (κ1) is 8.07. The lowest BCUT2D eigenvalue weighted by atomic mass is 10.2. The van der Waals surface area contributed by atoms with Crippen LogP contribution in [0, 0.1) is 0 Å². The molecular weight excluding hydrogens is 166 g/mol. The van der Waals surface area contributed by atoms with Gasteiger partial charge in [0, 0.05) is 25.4 Å². The predicted octanol–water partition coefficient (Wildman–Crippen LogP) is 1.14. The van der Waals surface area contributed by atoms with Crippen LogP contribution in [0.5, 0.6) is 0 Å². The lowest BCUT2D eigenvalue weighted by Gasteiger charge is -1.93. The monoisotopic (exact) mass is 177 g/mol. The standard InChI is InChI=1S/C9H11N3O/c1-12-6-7(5-10)9(11-12)8-3-2-4-13-8/h2-4,6H,5,10H2,1H3. The first-order valence-corrected chi connectivity index (χ1v) is 4.07. The van der Waals surface area contributed by atoms with E-state index < -0.39 is 0 Å². The number of nitrogens with two attached hydrogens (primary N) is 1. The summed E-state index contributed by atoms with van der Waals surface area (Å²) in [6.45, 7) is 0.476. The summed E-state index contributed by atoms with van der Waals surface area (Å²) in [7, 11) is 1.87. The van der Waals surface area contributed by atoms with E-state index in [1.165, 1.54) is 0 Å². The molecule has 0 radical (unpaired) electrons. The molecule has 2 aromatic heterocycles. The second-order valence-corrected chi connectivity index (χ2v) is 2.86. The molecule has 0 saturated carbocycles. The van der Waals surface area contributed by atoms with Crippen molar-refractivity contribution in [3.8, 4) is 11.5 Å². The lowest BCUT2D eigenvalue weighted by molar-refractivity contribution is 0.577. The molecule has 0 atom stereocenters. The van der Waals surface area contributed by atoms with Gasteiger partial charge in [0.1, 0.15) is 5.69 Å². The van der Waals surface area contributed by atoms with Crippen LogP contribution in [0.15, 0.2) is 29.0 Å². The Kier molecular flexibility index (Phi) is 1.90. The predicted molar refractivity (Wildman–Crippen MR) is 48.8 cm³/mol. The fourth-order valence-corrected chi connectivity index (χ4v) is 1.31. The van der Waals surface area contributed by atoms with Gasteiger partial charge in [-0.2, -0.15) is 5.10 Å². The van der Waals surface area contributed by atoms with Crippen LogP contribution in [0.25, 0.3) is 11.5 Å². The van der Waals surface area contributed by atoms with Gasteiger partial charge < -0.3 is 10.2 Å². The van der Waals surface area contributed by atoms with E-state index in [9.17, 15) is 0 Å². The molecule has 2 rings (SSSR count). The zero-order chi connectivity index (χ0) is 9.26. The van der Waals surface area contributed by atoms with Crippen LogP contribution in [0.1, 0.15) is 5.56 Å². The van der Waals surface area contributed by atoms with E-state index in [1.54, 1.807) is 10.9 Å². The summed E-state index contributed by atoms with van der Waals surface area (Å²) in [6.07, 6.45) is 3.53. The van der Waals surface area contributed by atoms with Gasteiger partial charge in [-0.1, -0.05) is 0 Å². The topological polar surface area (TPSA) is 57.0 Å². The highest BCUT2D eigenvalue weighted by Gasteiger charge is 2.10. The van der Waals surface area contributed by atoms with E-state index in [0.717, 1.165) is 17.0 Å². The quantitative estimate of drug-likeness (QED) is 0.748. The maximum atomic E-state index is 5.58. The van der Waals surface area contributed by atoms with Crippen molar-refractivity contribution >= 4 is 0 Å². The van der Waals surface area contributed by atoms with Gasteiger partial charge in [-0.25, -0.2) is 0 Å². The zero-order valence-corrected chi connectivity index (χ0v) is 7.40. The SMILES string of the molecule is Cn1cc(CN)c(-c2ccco2)n1. The Morgan fingerprint density at radius 3 is 3.08 bits per heavy atom. The van der Waals surface area contributed by atoms with Gasteiger partial charge in [-0.3, -0.25) is 4.68 Å². The Balaban J connectivity index is 2.50. The third-order valence-corrected chi connectivity index (χ3v) is 1.88. The minimum absolute atomic E-state index is 0.476. The molecule has 0 aromatic carbocycles. The average molecular weight is 177 g/mol. The molecule has 0 fully saturated rings. The fourth-order valence-electron chi connectivity index (χ4n) is 1.31. The van der Waals surface area contributed by atoms with Crippen LogP contribution in [-0.2, 0) is 13.6 Å². The summed E-state index contributed by atoms with van der Waals surface area (Å²) in [5, 5.41) is 4.27. The van der Waals surface area contributed by atoms with Crippen molar-refractivity contribution in [3.63, 3.8) is 0 Å². The Morgan fingerprint density at radius 1 is 1.62 bits per heavy atom. The minimum Gasteiger partial charge on any atom is -0.463 e. The molecule has 4 heteroatoms. The molecule has 0 aliphatic rings. The summed E-state index contributed by atoms with van der Waals surface area (Å²) < 4.78 is 6.98. The normalized spacial score (nSPS) is 10.6. The lowest BCUT2D eigenvalue weighted by Crippen LogP contribution is -1.95. The Morgan fingerprint density at radius 2 is 2.46 bits per heavy atom. The molecular formula is C9H11N3O. The molecule has 0 amide bonds. The summed E-state index contributed by atoms with van der Waals surface area (Å²) >= 11 is 0. The highest BCUT2D eigenvalue weighted by molar-refractivity contribution is 5.56. The maximum absolute atomic E-state index is 5.58. The molecule has 2 heterocycles. The second kappa shape index (κ2) is 3.06. The van der Waals surface area contributed by atoms with Crippen molar-refractivity contribution in [2.75, 3.05) is 0 Å². The van der Waals surface area contributed by atoms with Gasteiger partial charge in [-0.15, -0.1) is 0 Å². The first-order chi connectivity index (χ1) is 6.31. The highest BCUT2D eigenvalue weighted by atomic mass is 16.3. The first-order valence-electron chi connectivity index (χ1n) is 4.07. The Labute approximate surface area is 76.0 Å². The number of hydrogen-bond donors (Lipinski definition) is 1. The molecule has 2 aromatic rings. The molecule has 2 N–H and O–H groups in total. The van der Waals surface area contributed by atoms with Crippen molar-refractivity contribution in [3.05, 3.63) is 30.2 Å². The summed E-state index contributed by atoms with van der Waals surface area (Å²) in [4.78, 5) is 0. The van der Waals surface area contributed by atoms with Crippen molar-refractivity contribution in [1.82, 2.24) is 9.78 Å². The third kappa shape index (κ3) is 1.36. The third-order valence-electron chi connectivity index (χ3n) is 1.88. The van der Waals surface area contributed by atoms with E-state index in [2.05, 4.69) is 5.10 Å². The van der Waals surface area contributed by atoms with Gasteiger partial charge in [-0.05, 0) is 12.1 Å². The van der Waals surface area contributed by atoms with Gasteiger partial charge in [0.25, 0.3) is 0 Å². The molecule has 0 saturated heterocycles. The number of rotatable bonds is 2. The van der Waals surface area contributed by atoms with Crippen molar-refractivity contribution in [1.29, 1.82) is 0 Å². The van der Waals surface area contributed by atoms with Gasteiger partial charge in [0.2, 0.25) is 0 Å². The number of nitrogens with zero attached hydrogens (tertiary/aromatic N) is 2. The van der Waals surface area contributed by atoms with Crippen molar-refractivity contribution < 1.29 is 4.42 Å². The molecule has 0 bridgehead atoms. The highest BCUT2D eigenvalue weighted by Crippen LogP contribution is 2.21. The summed E-state index contributed by atoms with van der Waals surface area (Å²) in [5.41, 5.74) is 7.40. The summed E-state index contributed by atoms with van der Waals surface area (Å²) in [6, 6.07) is 3.71. The molecule has 0 spiro atoms. The van der Waals surface area contributed by atoms with Crippen LogP contribution in [0.3, 0.4) is 0 Å². The van der Waals surface area contributed by atoms with Crippen molar-refractivity contribution in [2.24, 2.45) is 12.8 Å². The van der Waals surface area contributed by atoms with E-state index >= 15 is 0 Å². The van der Waals surface area contributed by atoms with Gasteiger partial charge >= 0.3 is 0 Å². The molecule has 68 valence electrons. The number of aryl methyl sites for hydroxylation is 1. The summed E-state index contributed by atoms with van der Waals surface area (Å²) in [5.74, 6) is 0.765. The van der Waals surface area contributed by atoms with Crippen LogP contribution in [0.4, 0.5) is 0 Å². The minimum atomic E-state index is 0.476. The Hall–Kier alpha value is -1.55. The number of aromatic nitrogens is 2. The van der Waals surface area contributed by atoms with E-state index in [-0.39, 0.29) is 0 Å². The molecule has 0 unspecified atom stereocenters. The number of furan rings is 1. The maximum Gasteiger partial charge on any atom is 0.154 e. The average Bonchev–Trinajstić information content (AvgIpc) is 2.71. The second-order valence-electron chi connectivity index (χ2n) is 2.86. The fraction of sp³-hybridized carbons (Fsp3) is 0.222. The van der Waals surface area contributed by atoms with Crippen LogP contribution >= 0.6 is 0 Å². The van der Waals surface area contributed by atoms with Crippen LogP contribution < -0.4 is 5.73 Å². The Bertz CT molecular complexity index is 389. The van der Waals surface area contributed by atoms with Gasteiger partial charge in [0.05, 0.1) is 6.26 Å². The molecule has 0 aliphatic heterocycles. The van der Waals surface area contributed by atoms with E-state index in [1.807, 2.05) is 25.4 Å². The van der Waals surface area contributed by atoms with Crippen LogP contribution in [0.2, 0.25) is 0 Å². The van der Waals surface area contributed by atoms with E-state index in [4.69, 9.17) is 10.2 Å². The number of hydrogen-bond acceptors (Lipinski definition) is 3. The zero-order valence-electron chi connectivity index (χ0n) is 7.40. The van der Waals surface area contributed by atoms with Gasteiger partial charge in [0.15, 0.2) is 5.76 Å². The molecule has 4 nitrogen and oxygen atoms in total. The van der Waals surface area contributed by atoms with E-state index in [0.29, 0.717) is 6.54 Å². The van der Waals surface area contributed by atoms with Crippen LogP contribution in [-0.4, -0.2) is 9.78 Å². The smallest absolute Gasteiger partial charge is 0.154 e. The molecule has 13 heavy (non-hydrogen) atoms. The molecule has 0 aliphatic carbocycles.